The molecular weight excluding hydrogens is 254 g/mol. The number of rotatable bonds is 3. The molecule has 1 saturated heterocycles. The van der Waals surface area contributed by atoms with Gasteiger partial charge in [0.2, 0.25) is 0 Å². The fraction of sp³-hybridized carbons (Fsp3) is 0.533. The molecule has 102 valence electrons. The number of likely N-dealkylation sites (tertiary alicyclic amines) is 1. The van der Waals surface area contributed by atoms with Crippen LogP contribution in [0.15, 0.2) is 24.3 Å². The molecule has 1 aliphatic heterocycles. The Kier molecular flexibility index (Phi) is 3.82. The van der Waals surface area contributed by atoms with Crippen molar-refractivity contribution in [2.24, 2.45) is 5.73 Å². The summed E-state index contributed by atoms with van der Waals surface area (Å²) in [5.74, 6) is 0. The SMILES string of the molecule is CC1CCCC(CN)N1Cc1nc2ccccc2s1. The summed E-state index contributed by atoms with van der Waals surface area (Å²) in [6.07, 6.45) is 3.81. The number of para-hydroxylation sites is 1. The summed E-state index contributed by atoms with van der Waals surface area (Å²) in [6, 6.07) is 9.52. The molecule has 1 aromatic heterocycles. The summed E-state index contributed by atoms with van der Waals surface area (Å²) in [6.45, 7) is 4.02. The van der Waals surface area contributed by atoms with Crippen molar-refractivity contribution in [2.75, 3.05) is 6.54 Å². The highest BCUT2D eigenvalue weighted by molar-refractivity contribution is 7.18. The molecule has 0 spiro atoms. The third kappa shape index (κ3) is 2.66. The first-order chi connectivity index (χ1) is 9.28. The maximum absolute atomic E-state index is 5.93. The zero-order chi connectivity index (χ0) is 13.2. The van der Waals surface area contributed by atoms with E-state index in [4.69, 9.17) is 10.7 Å². The van der Waals surface area contributed by atoms with Gasteiger partial charge in [-0.25, -0.2) is 4.98 Å². The summed E-state index contributed by atoms with van der Waals surface area (Å²) in [4.78, 5) is 7.29. The van der Waals surface area contributed by atoms with Crippen LogP contribution < -0.4 is 5.73 Å². The topological polar surface area (TPSA) is 42.1 Å². The highest BCUT2D eigenvalue weighted by atomic mass is 32.1. The van der Waals surface area contributed by atoms with Gasteiger partial charge in [0.05, 0.1) is 16.8 Å². The van der Waals surface area contributed by atoms with Gasteiger partial charge in [-0.1, -0.05) is 18.6 Å². The van der Waals surface area contributed by atoms with E-state index in [2.05, 4.69) is 36.1 Å². The fourth-order valence-corrected chi connectivity index (χ4v) is 4.00. The first-order valence-corrected chi connectivity index (χ1v) is 7.90. The Labute approximate surface area is 118 Å². The monoisotopic (exact) mass is 275 g/mol. The second-order valence-electron chi connectivity index (χ2n) is 5.42. The lowest BCUT2D eigenvalue weighted by atomic mass is 9.96. The molecule has 19 heavy (non-hydrogen) atoms. The third-order valence-electron chi connectivity index (χ3n) is 4.12. The lowest BCUT2D eigenvalue weighted by molar-refractivity contribution is 0.0892. The largest absolute Gasteiger partial charge is 0.329 e. The van der Waals surface area contributed by atoms with Gasteiger partial charge in [0, 0.05) is 18.6 Å². The van der Waals surface area contributed by atoms with Crippen molar-refractivity contribution in [1.29, 1.82) is 0 Å². The first kappa shape index (κ1) is 13.0. The van der Waals surface area contributed by atoms with Gasteiger partial charge in [0.1, 0.15) is 5.01 Å². The molecule has 0 radical (unpaired) electrons. The molecule has 0 saturated carbocycles. The minimum absolute atomic E-state index is 0.524. The number of hydrogen-bond acceptors (Lipinski definition) is 4. The van der Waals surface area contributed by atoms with Crippen LogP contribution in [0.2, 0.25) is 0 Å². The molecular formula is C15H21N3S. The number of nitrogens with zero attached hydrogens (tertiary/aromatic N) is 2. The van der Waals surface area contributed by atoms with Crippen LogP contribution in [-0.4, -0.2) is 28.5 Å². The van der Waals surface area contributed by atoms with Crippen LogP contribution in [-0.2, 0) is 6.54 Å². The van der Waals surface area contributed by atoms with E-state index < -0.39 is 0 Å². The second kappa shape index (κ2) is 5.57. The molecule has 1 aromatic carbocycles. The minimum atomic E-state index is 0.524. The number of fused-ring (bicyclic) bond motifs is 1. The molecule has 2 N–H and O–H groups in total. The Morgan fingerprint density at radius 2 is 2.21 bits per heavy atom. The molecule has 1 aliphatic rings. The van der Waals surface area contributed by atoms with E-state index in [-0.39, 0.29) is 0 Å². The van der Waals surface area contributed by atoms with E-state index in [9.17, 15) is 0 Å². The van der Waals surface area contributed by atoms with Gasteiger partial charge < -0.3 is 5.73 Å². The molecule has 4 heteroatoms. The van der Waals surface area contributed by atoms with E-state index >= 15 is 0 Å². The maximum atomic E-state index is 5.93. The zero-order valence-electron chi connectivity index (χ0n) is 11.4. The van der Waals surface area contributed by atoms with E-state index in [1.165, 1.54) is 29.0 Å². The molecule has 0 aliphatic carbocycles. The summed E-state index contributed by atoms with van der Waals surface area (Å²) in [7, 11) is 0. The van der Waals surface area contributed by atoms with Crippen LogP contribution in [0.25, 0.3) is 10.2 Å². The van der Waals surface area contributed by atoms with Crippen LogP contribution in [0, 0.1) is 0 Å². The fourth-order valence-electron chi connectivity index (χ4n) is 3.02. The molecule has 2 unspecified atom stereocenters. The Hall–Kier alpha value is -0.970. The number of aromatic nitrogens is 1. The molecule has 2 atom stereocenters. The van der Waals surface area contributed by atoms with Crippen LogP contribution in [0.3, 0.4) is 0 Å². The minimum Gasteiger partial charge on any atom is -0.329 e. The number of thiazole rings is 1. The molecule has 0 bridgehead atoms. The molecule has 0 amide bonds. The van der Waals surface area contributed by atoms with Gasteiger partial charge in [-0.05, 0) is 31.9 Å². The third-order valence-corrected chi connectivity index (χ3v) is 5.14. The highest BCUT2D eigenvalue weighted by Gasteiger charge is 2.27. The van der Waals surface area contributed by atoms with Crippen LogP contribution in [0.5, 0.6) is 0 Å². The van der Waals surface area contributed by atoms with Crippen LogP contribution in [0.1, 0.15) is 31.2 Å². The quantitative estimate of drug-likeness (QED) is 0.936. The zero-order valence-corrected chi connectivity index (χ0v) is 12.2. The Bertz CT molecular complexity index is 518. The van der Waals surface area contributed by atoms with Crippen LogP contribution in [0.4, 0.5) is 0 Å². The van der Waals surface area contributed by atoms with Gasteiger partial charge in [-0.15, -0.1) is 11.3 Å². The van der Waals surface area contributed by atoms with Crippen molar-refractivity contribution in [1.82, 2.24) is 9.88 Å². The first-order valence-electron chi connectivity index (χ1n) is 7.08. The lowest BCUT2D eigenvalue weighted by Gasteiger charge is -2.39. The van der Waals surface area contributed by atoms with E-state index in [1.54, 1.807) is 0 Å². The second-order valence-corrected chi connectivity index (χ2v) is 6.53. The molecule has 3 rings (SSSR count). The van der Waals surface area contributed by atoms with Crippen molar-refractivity contribution in [2.45, 2.75) is 44.8 Å². The number of nitrogens with two attached hydrogens (primary N) is 1. The van der Waals surface area contributed by atoms with Crippen molar-refractivity contribution in [3.05, 3.63) is 29.3 Å². The number of benzene rings is 1. The van der Waals surface area contributed by atoms with Gasteiger partial charge in [0.15, 0.2) is 0 Å². The van der Waals surface area contributed by atoms with Gasteiger partial charge in [-0.2, -0.15) is 0 Å². The highest BCUT2D eigenvalue weighted by Crippen LogP contribution is 2.28. The predicted octanol–water partition coefficient (Wildman–Crippen LogP) is 3.00. The average Bonchev–Trinajstić information content (AvgIpc) is 2.83. The summed E-state index contributed by atoms with van der Waals surface area (Å²) in [5, 5.41) is 1.22. The van der Waals surface area contributed by atoms with E-state index in [0.29, 0.717) is 12.1 Å². The Morgan fingerprint density at radius 1 is 1.37 bits per heavy atom. The average molecular weight is 275 g/mol. The summed E-state index contributed by atoms with van der Waals surface area (Å²) >= 11 is 1.81. The van der Waals surface area contributed by atoms with E-state index in [0.717, 1.165) is 18.6 Å². The van der Waals surface area contributed by atoms with Crippen LogP contribution >= 0.6 is 11.3 Å². The van der Waals surface area contributed by atoms with Gasteiger partial charge >= 0.3 is 0 Å². The smallest absolute Gasteiger partial charge is 0.108 e. The van der Waals surface area contributed by atoms with Crippen molar-refractivity contribution in [3.63, 3.8) is 0 Å². The Balaban J connectivity index is 1.82. The maximum Gasteiger partial charge on any atom is 0.108 e. The summed E-state index contributed by atoms with van der Waals surface area (Å²) < 4.78 is 1.28. The van der Waals surface area contributed by atoms with Gasteiger partial charge in [-0.3, -0.25) is 4.90 Å². The number of piperidine rings is 1. The predicted molar refractivity (Wildman–Crippen MR) is 81.3 cm³/mol. The van der Waals surface area contributed by atoms with Gasteiger partial charge in [0.25, 0.3) is 0 Å². The lowest BCUT2D eigenvalue weighted by Crippen LogP contribution is -2.48. The molecule has 2 aromatic rings. The Morgan fingerprint density at radius 3 is 3.00 bits per heavy atom. The van der Waals surface area contributed by atoms with Crippen molar-refractivity contribution >= 4 is 21.6 Å². The van der Waals surface area contributed by atoms with E-state index in [1.807, 2.05) is 11.3 Å². The molecule has 1 fully saturated rings. The standard InChI is InChI=1S/C15H21N3S/c1-11-5-4-6-12(9-16)18(11)10-15-17-13-7-2-3-8-14(13)19-15/h2-3,7-8,11-12H,4-6,9-10,16H2,1H3. The van der Waals surface area contributed by atoms with Crippen molar-refractivity contribution < 1.29 is 0 Å². The molecule has 2 heterocycles. The number of hydrogen-bond donors (Lipinski definition) is 1. The normalized spacial score (nSPS) is 24.9. The van der Waals surface area contributed by atoms with Crippen molar-refractivity contribution in [3.8, 4) is 0 Å². The summed E-state index contributed by atoms with van der Waals surface area (Å²) in [5.41, 5.74) is 7.05. The molecule has 3 nitrogen and oxygen atoms in total.